The fraction of sp³-hybridized carbons (Fsp3) is 0.545. The van der Waals surface area contributed by atoms with Gasteiger partial charge in [-0.25, -0.2) is 0 Å². The van der Waals surface area contributed by atoms with Crippen LogP contribution in [0.3, 0.4) is 0 Å². The van der Waals surface area contributed by atoms with Crippen LogP contribution in [0.5, 0.6) is 0 Å². The van der Waals surface area contributed by atoms with E-state index in [0.29, 0.717) is 23.8 Å². The van der Waals surface area contributed by atoms with Crippen LogP contribution in [0.4, 0.5) is 0 Å². The molecule has 1 N–H and O–H groups in total. The Balaban J connectivity index is 1.63. The zero-order valence-electron chi connectivity index (χ0n) is 9.17. The first kappa shape index (κ1) is 9.73. The van der Waals surface area contributed by atoms with E-state index < -0.39 is 0 Å². The van der Waals surface area contributed by atoms with Crippen molar-refractivity contribution < 1.29 is 4.52 Å². The molecule has 0 radical (unpaired) electrons. The number of fused-ring (bicyclic) bond motifs is 2. The molecule has 17 heavy (non-hydrogen) atoms. The van der Waals surface area contributed by atoms with Crippen LogP contribution in [0.15, 0.2) is 16.2 Å². The van der Waals surface area contributed by atoms with Crippen molar-refractivity contribution in [3.8, 4) is 10.7 Å². The molecule has 2 aromatic rings. The van der Waals surface area contributed by atoms with Gasteiger partial charge in [0.15, 0.2) is 0 Å². The molecule has 2 fully saturated rings. The largest absolute Gasteiger partial charge is 0.339 e. The van der Waals surface area contributed by atoms with Crippen molar-refractivity contribution in [2.45, 2.75) is 37.3 Å². The summed E-state index contributed by atoms with van der Waals surface area (Å²) in [7, 11) is 0. The molecule has 0 spiro atoms. The van der Waals surface area contributed by atoms with Gasteiger partial charge in [0.25, 0.3) is 0 Å². The quantitative estimate of drug-likeness (QED) is 0.878. The molecule has 4 heterocycles. The van der Waals surface area contributed by atoms with E-state index in [0.717, 1.165) is 17.2 Å². The van der Waals surface area contributed by atoms with E-state index in [1.807, 2.05) is 0 Å². The van der Waals surface area contributed by atoms with Crippen LogP contribution >= 0.6 is 11.3 Å². The summed E-state index contributed by atoms with van der Waals surface area (Å²) in [5, 5.41) is 7.63. The summed E-state index contributed by atoms with van der Waals surface area (Å²) in [6.07, 6.45) is 5.43. The van der Waals surface area contributed by atoms with E-state index in [2.05, 4.69) is 20.4 Å². The maximum absolute atomic E-state index is 5.40. The number of thiazole rings is 1. The molecule has 88 valence electrons. The van der Waals surface area contributed by atoms with Crippen LogP contribution in [0.2, 0.25) is 0 Å². The second-order valence-corrected chi connectivity index (χ2v) is 5.60. The predicted octanol–water partition coefficient (Wildman–Crippen LogP) is 1.80. The maximum atomic E-state index is 5.40. The fourth-order valence-corrected chi connectivity index (χ4v) is 3.45. The number of nitrogens with one attached hydrogen (secondary N) is 1. The second kappa shape index (κ2) is 3.61. The Kier molecular flexibility index (Phi) is 2.07. The van der Waals surface area contributed by atoms with E-state index >= 15 is 0 Å². The topological polar surface area (TPSA) is 63.8 Å². The van der Waals surface area contributed by atoms with Crippen molar-refractivity contribution in [3.05, 3.63) is 17.6 Å². The van der Waals surface area contributed by atoms with Crippen LogP contribution in [-0.4, -0.2) is 27.2 Å². The summed E-state index contributed by atoms with van der Waals surface area (Å²) in [6, 6.07) is 1.19. The van der Waals surface area contributed by atoms with Crippen LogP contribution < -0.4 is 5.32 Å². The Morgan fingerprint density at radius 2 is 2.41 bits per heavy atom. The van der Waals surface area contributed by atoms with Gasteiger partial charge in [-0.3, -0.25) is 4.98 Å². The molecule has 2 saturated heterocycles. The van der Waals surface area contributed by atoms with Crippen LogP contribution in [0.1, 0.15) is 31.1 Å². The molecular weight excluding hydrogens is 236 g/mol. The van der Waals surface area contributed by atoms with Crippen molar-refractivity contribution >= 4 is 11.3 Å². The van der Waals surface area contributed by atoms with Gasteiger partial charge in [0.1, 0.15) is 0 Å². The second-order valence-electron chi connectivity index (χ2n) is 4.71. The van der Waals surface area contributed by atoms with Crippen molar-refractivity contribution in [2.24, 2.45) is 0 Å². The Bertz CT molecular complexity index is 523. The van der Waals surface area contributed by atoms with Crippen LogP contribution in [0, 0.1) is 0 Å². The molecule has 3 atom stereocenters. The molecule has 0 aromatic carbocycles. The molecule has 3 unspecified atom stereocenters. The third-order valence-electron chi connectivity index (χ3n) is 3.71. The van der Waals surface area contributed by atoms with Gasteiger partial charge in [0.2, 0.25) is 11.7 Å². The summed E-state index contributed by atoms with van der Waals surface area (Å²) in [4.78, 5) is 9.50. The highest BCUT2D eigenvalue weighted by Crippen LogP contribution is 2.39. The molecule has 2 aromatic heterocycles. The van der Waals surface area contributed by atoms with Crippen LogP contribution in [0.25, 0.3) is 10.7 Å². The highest BCUT2D eigenvalue weighted by atomic mass is 32.1. The summed E-state index contributed by atoms with van der Waals surface area (Å²) < 4.78 is 5.40. The average Bonchev–Trinajstić information content (AvgIpc) is 3.12. The predicted molar refractivity (Wildman–Crippen MR) is 62.7 cm³/mol. The van der Waals surface area contributed by atoms with Gasteiger partial charge in [-0.15, -0.1) is 11.3 Å². The molecule has 0 aliphatic carbocycles. The molecule has 0 saturated carbocycles. The van der Waals surface area contributed by atoms with Crippen molar-refractivity contribution in [3.63, 3.8) is 0 Å². The third kappa shape index (κ3) is 1.51. The van der Waals surface area contributed by atoms with Crippen LogP contribution in [-0.2, 0) is 0 Å². The van der Waals surface area contributed by atoms with Gasteiger partial charge in [-0.05, 0) is 19.3 Å². The first-order chi connectivity index (χ1) is 8.40. The molecule has 2 aliphatic heterocycles. The normalized spacial score (nSPS) is 31.2. The lowest BCUT2D eigenvalue weighted by Crippen LogP contribution is -2.21. The van der Waals surface area contributed by atoms with E-state index in [4.69, 9.17) is 4.52 Å². The minimum absolute atomic E-state index is 0.405. The first-order valence-electron chi connectivity index (χ1n) is 5.88. The smallest absolute Gasteiger partial charge is 0.231 e. The Morgan fingerprint density at radius 1 is 1.41 bits per heavy atom. The number of nitrogens with zero attached hydrogens (tertiary/aromatic N) is 3. The van der Waals surface area contributed by atoms with Gasteiger partial charge in [0, 0.05) is 18.3 Å². The fourth-order valence-electron chi connectivity index (χ4n) is 2.91. The Hall–Kier alpha value is -1.27. The molecule has 2 aliphatic rings. The van der Waals surface area contributed by atoms with Crippen molar-refractivity contribution in [1.82, 2.24) is 20.4 Å². The first-order valence-corrected chi connectivity index (χ1v) is 6.76. The standard InChI is InChI=1S/C11H12N4OS/c1-2-8-7(3-6(1)13-8)11-14-10(15-16-11)9-4-12-5-17-9/h4-8,13H,1-3H2. The average molecular weight is 248 g/mol. The lowest BCUT2D eigenvalue weighted by Gasteiger charge is -2.15. The molecule has 5 nitrogen and oxygen atoms in total. The molecule has 6 heteroatoms. The maximum Gasteiger partial charge on any atom is 0.231 e. The number of hydrogen-bond acceptors (Lipinski definition) is 6. The summed E-state index contributed by atoms with van der Waals surface area (Å²) in [5.74, 6) is 1.86. The van der Waals surface area contributed by atoms with E-state index in [1.54, 1.807) is 11.7 Å². The van der Waals surface area contributed by atoms with Gasteiger partial charge in [-0.2, -0.15) is 4.98 Å². The number of rotatable bonds is 2. The van der Waals surface area contributed by atoms with Crippen molar-refractivity contribution in [1.29, 1.82) is 0 Å². The Morgan fingerprint density at radius 3 is 3.12 bits per heavy atom. The highest BCUT2D eigenvalue weighted by Gasteiger charge is 2.42. The van der Waals surface area contributed by atoms with Gasteiger partial charge >= 0.3 is 0 Å². The minimum Gasteiger partial charge on any atom is -0.339 e. The minimum atomic E-state index is 0.405. The highest BCUT2D eigenvalue weighted by molar-refractivity contribution is 7.13. The van der Waals surface area contributed by atoms with Gasteiger partial charge in [0.05, 0.1) is 16.3 Å². The zero-order chi connectivity index (χ0) is 11.2. The summed E-state index contributed by atoms with van der Waals surface area (Å²) in [6.45, 7) is 0. The number of aromatic nitrogens is 3. The summed E-state index contributed by atoms with van der Waals surface area (Å²) in [5.41, 5.74) is 1.78. The lowest BCUT2D eigenvalue weighted by atomic mass is 9.89. The summed E-state index contributed by atoms with van der Waals surface area (Å²) >= 11 is 1.54. The molecule has 0 amide bonds. The van der Waals surface area contributed by atoms with E-state index in [9.17, 15) is 0 Å². The molecular formula is C11H12N4OS. The zero-order valence-corrected chi connectivity index (χ0v) is 9.98. The van der Waals surface area contributed by atoms with E-state index in [1.165, 1.54) is 24.2 Å². The van der Waals surface area contributed by atoms with Crippen molar-refractivity contribution in [2.75, 3.05) is 0 Å². The molecule has 4 rings (SSSR count). The van der Waals surface area contributed by atoms with E-state index in [-0.39, 0.29) is 0 Å². The molecule has 2 bridgehead atoms. The number of hydrogen-bond donors (Lipinski definition) is 1. The Labute approximate surface area is 102 Å². The monoisotopic (exact) mass is 248 g/mol. The SMILES string of the molecule is c1ncc(-c2noc(C3CC4CCC3N4)n2)s1. The third-order valence-corrected chi connectivity index (χ3v) is 4.48. The van der Waals surface area contributed by atoms with Gasteiger partial charge in [-0.1, -0.05) is 5.16 Å². The van der Waals surface area contributed by atoms with Gasteiger partial charge < -0.3 is 9.84 Å². The lowest BCUT2D eigenvalue weighted by molar-refractivity contribution is 0.330.